The summed E-state index contributed by atoms with van der Waals surface area (Å²) in [5.41, 5.74) is 0. The van der Waals surface area contributed by atoms with Crippen LogP contribution in [0.1, 0.15) is 6.92 Å². The van der Waals surface area contributed by atoms with Gasteiger partial charge >= 0.3 is 80.9 Å². The fourth-order valence-corrected chi connectivity index (χ4v) is 0.245. The third-order valence-corrected chi connectivity index (χ3v) is 0.536. The molecule has 0 rings (SSSR count). The minimum Gasteiger partial charge on any atom is -0.750 e. The summed E-state index contributed by atoms with van der Waals surface area (Å²) in [4.78, 5) is 9.64. The summed E-state index contributed by atoms with van der Waals surface area (Å²) < 4.78 is 24.1. The van der Waals surface area contributed by atoms with Gasteiger partial charge in [0.15, 0.2) is 0 Å². The number of rotatable bonds is 2. The summed E-state index contributed by atoms with van der Waals surface area (Å²) in [5, 5.41) is 9.64. The van der Waals surface area contributed by atoms with E-state index >= 15 is 0 Å². The van der Waals surface area contributed by atoms with Crippen LogP contribution in [0.2, 0.25) is 0 Å². The minimum atomic E-state index is -2.86. The second-order valence-corrected chi connectivity index (χ2v) is 1.86. The van der Waals surface area contributed by atoms with Crippen molar-refractivity contribution >= 4 is 17.3 Å². The van der Waals surface area contributed by atoms with Crippen LogP contribution in [0.3, 0.4) is 0 Å². The number of carbonyl (C=O) groups excluding carboxylic acids is 1. The summed E-state index contributed by atoms with van der Waals surface area (Å²) in [5.74, 6) is -1.16. The number of aliphatic carboxylic acids is 1. The molecule has 0 aliphatic heterocycles. The molecule has 0 spiro atoms. The van der Waals surface area contributed by atoms with Crippen LogP contribution in [0.15, 0.2) is 24.3 Å². The number of carboxylic acids is 1. The van der Waals surface area contributed by atoms with Gasteiger partial charge in [0, 0.05) is 0 Å². The molecular formula is C6H8KNaO5S. The van der Waals surface area contributed by atoms with Gasteiger partial charge < -0.3 is 19.0 Å². The molecule has 0 heterocycles. The van der Waals surface area contributed by atoms with Crippen molar-refractivity contribution in [2.45, 2.75) is 6.92 Å². The van der Waals surface area contributed by atoms with E-state index in [2.05, 4.69) is 0 Å². The van der Waals surface area contributed by atoms with Gasteiger partial charge in [-0.05, 0) is 13.0 Å². The zero-order valence-corrected chi connectivity index (χ0v) is 14.2. The molecule has 0 bridgehead atoms. The molecule has 1 N–H and O–H groups in total. The Balaban J connectivity index is -0.0000000733. The molecule has 0 aliphatic carbocycles. The van der Waals surface area contributed by atoms with E-state index in [4.69, 9.17) is 13.3 Å². The summed E-state index contributed by atoms with van der Waals surface area (Å²) in [6.45, 7) is 1.81. The van der Waals surface area contributed by atoms with Crippen molar-refractivity contribution in [3.63, 3.8) is 0 Å². The Morgan fingerprint density at radius 1 is 1.43 bits per heavy atom. The molecular weight excluding hydrogens is 246 g/mol. The van der Waals surface area contributed by atoms with E-state index in [1.165, 1.54) is 6.08 Å². The van der Waals surface area contributed by atoms with Crippen molar-refractivity contribution in [2.75, 3.05) is 0 Å². The first-order valence-electron chi connectivity index (χ1n) is 2.79. The molecule has 0 saturated heterocycles. The van der Waals surface area contributed by atoms with Crippen LogP contribution in [0, 0.1) is 0 Å². The van der Waals surface area contributed by atoms with Crippen LogP contribution in [0.4, 0.5) is 0 Å². The smallest absolute Gasteiger partial charge is 0.750 e. The van der Waals surface area contributed by atoms with Crippen LogP contribution < -0.4 is 86.0 Å². The van der Waals surface area contributed by atoms with E-state index in [1.54, 1.807) is 19.1 Å². The summed E-state index contributed by atoms with van der Waals surface area (Å²) in [6, 6.07) is 0. The van der Waals surface area contributed by atoms with Crippen LogP contribution in [0.5, 0.6) is 0 Å². The Kier molecular flexibility index (Phi) is 35.6. The molecule has 0 aromatic carbocycles. The standard InChI is InChI=1S/C6H8O2.K.Na.H2O3S/c1-2-3-4-5-6(7)8;;;1-4(2)3/h2-5H,1H3,(H,7,8);;;(H2,1,2,3)/q;2*+1;/p-2. The maximum absolute atomic E-state index is 9.64. The second kappa shape index (κ2) is 20.1. The van der Waals surface area contributed by atoms with E-state index in [9.17, 15) is 9.90 Å². The summed E-state index contributed by atoms with van der Waals surface area (Å²) in [6.07, 6.45) is 5.74. The average Bonchev–Trinajstić information content (AvgIpc) is 1.86. The molecule has 0 fully saturated rings. The van der Waals surface area contributed by atoms with Gasteiger partial charge in [0.1, 0.15) is 0 Å². The topological polar surface area (TPSA) is 100 Å². The van der Waals surface area contributed by atoms with Gasteiger partial charge in [0.2, 0.25) is 0 Å². The Labute approximate surface area is 150 Å². The number of carboxylic acid groups (broad SMARTS) is 1. The van der Waals surface area contributed by atoms with Crippen LogP contribution in [0.25, 0.3) is 0 Å². The first-order chi connectivity index (χ1) is 5.50. The second-order valence-electron chi connectivity index (χ2n) is 1.42. The third kappa shape index (κ3) is 49.4. The first-order valence-corrected chi connectivity index (χ1v) is 3.82. The first kappa shape index (κ1) is 24.8. The molecule has 1 unspecified atom stereocenters. The molecule has 0 amide bonds. The third-order valence-electron chi connectivity index (χ3n) is 0.536. The number of allylic oxidation sites excluding steroid dienone is 3. The molecule has 8 heteroatoms. The zero-order chi connectivity index (χ0) is 9.98. The average molecular weight is 254 g/mol. The van der Waals surface area contributed by atoms with Gasteiger partial charge in [-0.3, -0.25) is 0 Å². The van der Waals surface area contributed by atoms with Gasteiger partial charge in [0.25, 0.3) is 0 Å². The maximum Gasteiger partial charge on any atom is 1.00 e. The van der Waals surface area contributed by atoms with Gasteiger partial charge in [-0.1, -0.05) is 18.2 Å². The normalized spacial score (nSPS) is 10.8. The van der Waals surface area contributed by atoms with Gasteiger partial charge in [-0.2, -0.15) is 0 Å². The molecule has 5 nitrogen and oxygen atoms in total. The largest absolute Gasteiger partial charge is 1.00 e. The summed E-state index contributed by atoms with van der Waals surface area (Å²) >= 11 is -2.86. The molecule has 0 radical (unpaired) electrons. The molecule has 0 saturated carbocycles. The van der Waals surface area contributed by atoms with Gasteiger partial charge in [0.05, 0.1) is 17.3 Å². The minimum absolute atomic E-state index is 0. The number of carbonyl (C=O) groups is 1. The Morgan fingerprint density at radius 3 is 2.00 bits per heavy atom. The van der Waals surface area contributed by atoms with Crippen molar-refractivity contribution < 1.29 is 104 Å². The molecule has 0 aromatic rings. The van der Waals surface area contributed by atoms with Gasteiger partial charge in [-0.15, -0.1) is 0 Å². The Morgan fingerprint density at radius 2 is 1.79 bits per heavy atom. The van der Waals surface area contributed by atoms with E-state index in [0.29, 0.717) is 0 Å². The zero-order valence-electron chi connectivity index (χ0n) is 8.30. The quantitative estimate of drug-likeness (QED) is 0.228. The molecule has 70 valence electrons. The number of hydrogen-bond acceptors (Lipinski definition) is 4. The van der Waals surface area contributed by atoms with Crippen molar-refractivity contribution in [3.05, 3.63) is 24.3 Å². The Hall–Kier alpha value is 1.66. The molecule has 14 heavy (non-hydrogen) atoms. The van der Waals surface area contributed by atoms with E-state index in [0.717, 1.165) is 6.08 Å². The van der Waals surface area contributed by atoms with E-state index < -0.39 is 17.3 Å². The monoisotopic (exact) mass is 254 g/mol. The van der Waals surface area contributed by atoms with Gasteiger partial charge in [-0.25, -0.2) is 4.21 Å². The number of hydrogen-bond donors (Lipinski definition) is 1. The van der Waals surface area contributed by atoms with E-state index in [1.807, 2.05) is 0 Å². The van der Waals surface area contributed by atoms with Crippen molar-refractivity contribution in [2.24, 2.45) is 0 Å². The summed E-state index contributed by atoms with van der Waals surface area (Å²) in [7, 11) is 0. The SMILES string of the molecule is CC=CC=CC(=O)[O-].O=S([O-])O.[K+].[Na+]. The maximum atomic E-state index is 9.64. The van der Waals surface area contributed by atoms with Crippen molar-refractivity contribution in [1.82, 2.24) is 0 Å². The fraction of sp³-hybridized carbons (Fsp3) is 0.167. The fourth-order valence-electron chi connectivity index (χ4n) is 0.245. The molecule has 1 atom stereocenters. The predicted molar refractivity (Wildman–Crippen MR) is 40.5 cm³/mol. The van der Waals surface area contributed by atoms with Crippen LogP contribution in [-0.2, 0) is 16.2 Å². The van der Waals surface area contributed by atoms with Crippen LogP contribution in [-0.4, -0.2) is 19.3 Å². The van der Waals surface area contributed by atoms with Crippen molar-refractivity contribution in [3.8, 4) is 0 Å². The molecule has 0 aromatic heterocycles. The van der Waals surface area contributed by atoms with Crippen molar-refractivity contribution in [1.29, 1.82) is 0 Å². The van der Waals surface area contributed by atoms with Crippen LogP contribution >= 0.6 is 0 Å². The van der Waals surface area contributed by atoms with E-state index in [-0.39, 0.29) is 80.9 Å². The Bertz CT molecular complexity index is 202. The molecule has 0 aliphatic rings. The predicted octanol–water partition coefficient (Wildman–Crippen LogP) is -6.78.